The van der Waals surface area contributed by atoms with Crippen LogP contribution in [0.5, 0.6) is 0 Å². The van der Waals surface area contributed by atoms with Crippen molar-refractivity contribution in [2.24, 2.45) is 12.8 Å². The van der Waals surface area contributed by atoms with Gasteiger partial charge in [0.05, 0.1) is 5.69 Å². The fourth-order valence-electron chi connectivity index (χ4n) is 0.905. The van der Waals surface area contributed by atoms with E-state index in [1.165, 1.54) is 5.69 Å². The average Bonchev–Trinajstić information content (AvgIpc) is 2.14. The van der Waals surface area contributed by atoms with E-state index in [2.05, 4.69) is 11.2 Å². The summed E-state index contributed by atoms with van der Waals surface area (Å²) in [6, 6.07) is 2.06. The van der Waals surface area contributed by atoms with Crippen LogP contribution in [0, 0.1) is 6.92 Å². The number of nitrogens with zero attached hydrogens (tertiary/aromatic N) is 2. The zero-order valence-electron chi connectivity index (χ0n) is 7.28. The number of hydrogen-bond donors (Lipinski definition) is 1. The molecule has 0 spiro atoms. The first-order chi connectivity index (χ1) is 4.74. The lowest BCUT2D eigenvalue weighted by Gasteiger charge is -1.89. The smallest absolute Gasteiger partial charge is 0.0639 e. The van der Waals surface area contributed by atoms with Crippen molar-refractivity contribution in [2.75, 3.05) is 6.54 Å². The molecule has 0 radical (unpaired) electrons. The van der Waals surface area contributed by atoms with Crippen molar-refractivity contribution in [3.05, 3.63) is 17.5 Å². The van der Waals surface area contributed by atoms with Gasteiger partial charge in [0.1, 0.15) is 0 Å². The maximum atomic E-state index is 5.37. The second kappa shape index (κ2) is 6.29. The number of halogens is 2. The van der Waals surface area contributed by atoms with Crippen LogP contribution in [0.2, 0.25) is 0 Å². The normalized spacial score (nSPS) is 8.58. The topological polar surface area (TPSA) is 43.8 Å². The van der Waals surface area contributed by atoms with Crippen molar-refractivity contribution in [1.29, 1.82) is 0 Å². The van der Waals surface area contributed by atoms with E-state index in [1.807, 2.05) is 18.7 Å². The Balaban J connectivity index is 0. The van der Waals surface area contributed by atoms with Crippen LogP contribution in [0.15, 0.2) is 6.07 Å². The molecule has 1 aromatic rings. The first-order valence-electron chi connectivity index (χ1n) is 3.43. The minimum atomic E-state index is 0. The predicted molar refractivity (Wildman–Crippen MR) is 55.2 cm³/mol. The highest BCUT2D eigenvalue weighted by molar-refractivity contribution is 5.85. The monoisotopic (exact) mass is 211 g/mol. The van der Waals surface area contributed by atoms with Crippen molar-refractivity contribution in [2.45, 2.75) is 13.3 Å². The molecule has 1 heterocycles. The van der Waals surface area contributed by atoms with Crippen LogP contribution in [-0.4, -0.2) is 16.3 Å². The molecule has 0 unspecified atom stereocenters. The lowest BCUT2D eigenvalue weighted by molar-refractivity contribution is 0.718. The molecule has 1 rings (SSSR count). The predicted octanol–water partition coefficient (Wildman–Crippen LogP) is 1.07. The Morgan fingerprint density at radius 2 is 2.08 bits per heavy atom. The number of nitrogens with two attached hydrogens (primary N) is 1. The maximum absolute atomic E-state index is 5.37. The molecule has 2 N–H and O–H groups in total. The summed E-state index contributed by atoms with van der Waals surface area (Å²) in [7, 11) is 1.94. The van der Waals surface area contributed by atoms with Crippen LogP contribution < -0.4 is 5.73 Å². The van der Waals surface area contributed by atoms with Gasteiger partial charge in [-0.05, 0) is 19.5 Å². The van der Waals surface area contributed by atoms with Gasteiger partial charge in [0.15, 0.2) is 0 Å². The molecule has 5 heteroatoms. The Morgan fingerprint density at radius 1 is 1.50 bits per heavy atom. The summed E-state index contributed by atoms with van der Waals surface area (Å²) in [5, 5.41) is 4.24. The van der Waals surface area contributed by atoms with Gasteiger partial charge in [-0.3, -0.25) is 4.68 Å². The van der Waals surface area contributed by atoms with E-state index in [9.17, 15) is 0 Å². The molecule has 0 fully saturated rings. The molecule has 0 amide bonds. The Labute approximate surface area is 85.1 Å². The van der Waals surface area contributed by atoms with Crippen LogP contribution in [0.3, 0.4) is 0 Å². The largest absolute Gasteiger partial charge is 0.330 e. The minimum Gasteiger partial charge on any atom is -0.330 e. The molecule has 72 valence electrons. The lowest BCUT2D eigenvalue weighted by Crippen LogP contribution is -2.03. The van der Waals surface area contributed by atoms with Crippen molar-refractivity contribution in [1.82, 2.24) is 9.78 Å². The number of hydrogen-bond acceptors (Lipinski definition) is 2. The van der Waals surface area contributed by atoms with E-state index in [1.54, 1.807) is 0 Å². The molecule has 12 heavy (non-hydrogen) atoms. The fraction of sp³-hybridized carbons (Fsp3) is 0.571. The van der Waals surface area contributed by atoms with Gasteiger partial charge in [0, 0.05) is 19.2 Å². The van der Waals surface area contributed by atoms with E-state index in [-0.39, 0.29) is 24.8 Å². The number of aromatic nitrogens is 2. The maximum Gasteiger partial charge on any atom is 0.0639 e. The molecule has 0 atom stereocenters. The second-order valence-corrected chi connectivity index (χ2v) is 2.44. The molecule has 3 nitrogen and oxygen atoms in total. The van der Waals surface area contributed by atoms with Crippen LogP contribution in [0.1, 0.15) is 11.4 Å². The number of rotatable bonds is 2. The lowest BCUT2D eigenvalue weighted by atomic mass is 10.3. The Kier molecular flexibility index (Phi) is 7.48. The van der Waals surface area contributed by atoms with Gasteiger partial charge in [-0.1, -0.05) is 0 Å². The Bertz CT molecular complexity index is 203. The molecule has 0 saturated carbocycles. The van der Waals surface area contributed by atoms with Crippen LogP contribution in [-0.2, 0) is 13.5 Å². The summed E-state index contributed by atoms with van der Waals surface area (Å²) in [4.78, 5) is 0. The minimum absolute atomic E-state index is 0. The van der Waals surface area contributed by atoms with Gasteiger partial charge in [-0.25, -0.2) is 0 Å². The van der Waals surface area contributed by atoms with Gasteiger partial charge >= 0.3 is 0 Å². The highest BCUT2D eigenvalue weighted by Crippen LogP contribution is 2.00. The zero-order valence-corrected chi connectivity index (χ0v) is 8.91. The molecule has 0 aliphatic carbocycles. The molecular formula is C7H15Cl2N3. The molecule has 0 aromatic carbocycles. The third-order valence-corrected chi connectivity index (χ3v) is 1.56. The van der Waals surface area contributed by atoms with E-state index in [0.717, 1.165) is 12.1 Å². The summed E-state index contributed by atoms with van der Waals surface area (Å²) >= 11 is 0. The molecule has 0 aliphatic heterocycles. The second-order valence-electron chi connectivity index (χ2n) is 2.44. The van der Waals surface area contributed by atoms with E-state index >= 15 is 0 Å². The van der Waals surface area contributed by atoms with E-state index in [4.69, 9.17) is 5.73 Å². The third kappa shape index (κ3) is 3.43. The van der Waals surface area contributed by atoms with E-state index < -0.39 is 0 Å². The highest BCUT2D eigenvalue weighted by atomic mass is 35.5. The molecule has 0 saturated heterocycles. The van der Waals surface area contributed by atoms with Gasteiger partial charge in [0.2, 0.25) is 0 Å². The van der Waals surface area contributed by atoms with E-state index in [0.29, 0.717) is 6.54 Å². The third-order valence-electron chi connectivity index (χ3n) is 1.56. The molecule has 0 bridgehead atoms. The van der Waals surface area contributed by atoms with Crippen LogP contribution >= 0.6 is 24.8 Å². The Hall–Kier alpha value is -0.250. The highest BCUT2D eigenvalue weighted by Gasteiger charge is 1.97. The van der Waals surface area contributed by atoms with Crippen LogP contribution in [0.25, 0.3) is 0 Å². The SMILES string of the molecule is Cc1cc(CCN)nn1C.Cl.Cl. The Morgan fingerprint density at radius 3 is 2.42 bits per heavy atom. The van der Waals surface area contributed by atoms with Gasteiger partial charge < -0.3 is 5.73 Å². The summed E-state index contributed by atoms with van der Waals surface area (Å²) < 4.78 is 1.87. The molecular weight excluding hydrogens is 197 g/mol. The standard InChI is InChI=1S/C7H13N3.2ClH/c1-6-5-7(3-4-8)9-10(6)2;;/h5H,3-4,8H2,1-2H3;2*1H. The molecule has 1 aromatic heterocycles. The van der Waals surface area contributed by atoms with Crippen molar-refractivity contribution in [3.8, 4) is 0 Å². The van der Waals surface area contributed by atoms with Crippen LogP contribution in [0.4, 0.5) is 0 Å². The first kappa shape index (κ1) is 14.3. The summed E-state index contributed by atoms with van der Waals surface area (Å²) in [6.45, 7) is 2.71. The van der Waals surface area contributed by atoms with Gasteiger partial charge in [0.25, 0.3) is 0 Å². The van der Waals surface area contributed by atoms with Gasteiger partial charge in [-0.2, -0.15) is 5.10 Å². The summed E-state index contributed by atoms with van der Waals surface area (Å²) in [6.07, 6.45) is 0.877. The van der Waals surface area contributed by atoms with Gasteiger partial charge in [-0.15, -0.1) is 24.8 Å². The average molecular weight is 212 g/mol. The fourth-order valence-corrected chi connectivity index (χ4v) is 0.905. The zero-order chi connectivity index (χ0) is 7.56. The summed E-state index contributed by atoms with van der Waals surface area (Å²) in [5.74, 6) is 0. The number of aryl methyl sites for hydroxylation is 2. The van der Waals surface area contributed by atoms with Crippen molar-refractivity contribution < 1.29 is 0 Å². The van der Waals surface area contributed by atoms with Crippen molar-refractivity contribution >= 4 is 24.8 Å². The first-order valence-corrected chi connectivity index (χ1v) is 3.43. The van der Waals surface area contributed by atoms with Crippen molar-refractivity contribution in [3.63, 3.8) is 0 Å². The quantitative estimate of drug-likeness (QED) is 0.796. The summed E-state index contributed by atoms with van der Waals surface area (Å²) in [5.41, 5.74) is 7.64. The molecule has 0 aliphatic rings.